The number of aromatic nitrogens is 3. The number of halogens is 2. The summed E-state index contributed by atoms with van der Waals surface area (Å²) in [4.78, 5) is 39.6. The zero-order valence-corrected chi connectivity index (χ0v) is 22.7. The summed E-state index contributed by atoms with van der Waals surface area (Å²) in [5, 5.41) is 18.4. The molecule has 3 aromatic carbocycles. The van der Waals surface area contributed by atoms with Gasteiger partial charge in [-0.05, 0) is 47.5 Å². The predicted molar refractivity (Wildman–Crippen MR) is 152 cm³/mol. The molecule has 0 fully saturated rings. The maximum Gasteiger partial charge on any atom is 0.414 e. The molecule has 0 aliphatic rings. The van der Waals surface area contributed by atoms with Gasteiger partial charge in [0.15, 0.2) is 5.16 Å². The smallest absolute Gasteiger partial charge is 0.414 e. The number of imidazole rings is 1. The standard InChI is InChI=1S/C28H22F2N4OS.C2H2O4/c29-23-6-3-4-20(14-23)15-32-27(35)21-10-8-19(9-11-21)18-36-28-33-25-12-13-31-16-26(25)34(28)17-22-5-1-2-7-24(22)30;3-1(4)2(5)6/h1-14,16H,15,17-18H2,(H,32,35);(H,3,4)(H,5,6). The molecule has 2 heterocycles. The van der Waals surface area contributed by atoms with Crippen molar-refractivity contribution in [2.24, 2.45) is 0 Å². The molecular formula is C30H24F2N4O5S. The van der Waals surface area contributed by atoms with Gasteiger partial charge in [-0.2, -0.15) is 0 Å². The second-order valence-electron chi connectivity index (χ2n) is 8.84. The van der Waals surface area contributed by atoms with Crippen LogP contribution in [0.4, 0.5) is 8.78 Å². The molecule has 0 atom stereocenters. The van der Waals surface area contributed by atoms with Gasteiger partial charge in [-0.1, -0.05) is 54.2 Å². The van der Waals surface area contributed by atoms with Crippen molar-refractivity contribution in [1.29, 1.82) is 0 Å². The molecular weight excluding hydrogens is 566 g/mol. The lowest BCUT2D eigenvalue weighted by Gasteiger charge is -2.10. The number of carbonyl (C=O) groups is 3. The van der Waals surface area contributed by atoms with Gasteiger partial charge in [0.05, 0.1) is 23.8 Å². The summed E-state index contributed by atoms with van der Waals surface area (Å²) >= 11 is 1.54. The quantitative estimate of drug-likeness (QED) is 0.167. The number of hydrogen-bond acceptors (Lipinski definition) is 6. The van der Waals surface area contributed by atoms with Crippen molar-refractivity contribution in [3.8, 4) is 0 Å². The minimum Gasteiger partial charge on any atom is -0.473 e. The molecule has 0 unspecified atom stereocenters. The lowest BCUT2D eigenvalue weighted by molar-refractivity contribution is -0.159. The lowest BCUT2D eigenvalue weighted by Crippen LogP contribution is -2.22. The zero-order chi connectivity index (χ0) is 30.1. The SMILES string of the molecule is O=C(NCc1cccc(F)c1)c1ccc(CSc2nc3ccncc3n2Cc2ccccc2F)cc1.O=C(O)C(=O)O. The van der Waals surface area contributed by atoms with Crippen LogP contribution in [0.15, 0.2) is 96.4 Å². The lowest BCUT2D eigenvalue weighted by atomic mass is 10.1. The van der Waals surface area contributed by atoms with E-state index in [1.165, 1.54) is 30.0 Å². The Morgan fingerprint density at radius 2 is 1.62 bits per heavy atom. The summed E-state index contributed by atoms with van der Waals surface area (Å²) in [5.74, 6) is -3.84. The Bertz CT molecular complexity index is 1710. The third-order valence-electron chi connectivity index (χ3n) is 5.91. The maximum absolute atomic E-state index is 14.3. The van der Waals surface area contributed by atoms with Gasteiger partial charge in [0.25, 0.3) is 5.91 Å². The van der Waals surface area contributed by atoms with E-state index in [4.69, 9.17) is 24.8 Å². The number of rotatable bonds is 8. The van der Waals surface area contributed by atoms with Crippen molar-refractivity contribution in [2.45, 2.75) is 24.0 Å². The normalized spacial score (nSPS) is 10.5. The summed E-state index contributed by atoms with van der Waals surface area (Å²) in [5.41, 5.74) is 4.46. The first-order valence-corrected chi connectivity index (χ1v) is 13.4. The first-order valence-electron chi connectivity index (χ1n) is 12.5. The van der Waals surface area contributed by atoms with Crippen LogP contribution in [-0.2, 0) is 28.4 Å². The Kier molecular flexibility index (Phi) is 9.95. The Morgan fingerprint density at radius 3 is 2.31 bits per heavy atom. The third-order valence-corrected chi connectivity index (χ3v) is 6.96. The summed E-state index contributed by atoms with van der Waals surface area (Å²) in [7, 11) is 0. The van der Waals surface area contributed by atoms with Crippen LogP contribution in [0.5, 0.6) is 0 Å². The molecule has 1 amide bonds. The third kappa shape index (κ3) is 7.98. The number of nitrogens with zero attached hydrogens (tertiary/aromatic N) is 3. The molecule has 0 bridgehead atoms. The molecule has 12 heteroatoms. The minimum atomic E-state index is -1.82. The van der Waals surface area contributed by atoms with Crippen LogP contribution in [-0.4, -0.2) is 42.6 Å². The van der Waals surface area contributed by atoms with Crippen molar-refractivity contribution >= 4 is 40.6 Å². The Morgan fingerprint density at radius 1 is 0.881 bits per heavy atom. The number of fused-ring (bicyclic) bond motifs is 1. The number of pyridine rings is 1. The highest BCUT2D eigenvalue weighted by Crippen LogP contribution is 2.28. The van der Waals surface area contributed by atoms with Crippen LogP contribution in [0, 0.1) is 11.6 Å². The van der Waals surface area contributed by atoms with Crippen LogP contribution < -0.4 is 5.32 Å². The maximum atomic E-state index is 14.3. The second kappa shape index (κ2) is 14.0. The van der Waals surface area contributed by atoms with Crippen molar-refractivity contribution in [3.63, 3.8) is 0 Å². The van der Waals surface area contributed by atoms with Crippen LogP contribution in [0.3, 0.4) is 0 Å². The largest absolute Gasteiger partial charge is 0.473 e. The van der Waals surface area contributed by atoms with Gasteiger partial charge in [0.1, 0.15) is 11.6 Å². The number of amides is 1. The molecule has 0 saturated carbocycles. The van der Waals surface area contributed by atoms with Crippen LogP contribution in [0.1, 0.15) is 27.0 Å². The predicted octanol–water partition coefficient (Wildman–Crippen LogP) is 5.14. The molecule has 5 aromatic rings. The summed E-state index contributed by atoms with van der Waals surface area (Å²) in [6.07, 6.45) is 3.43. The fraction of sp³-hybridized carbons (Fsp3) is 0.100. The summed E-state index contributed by atoms with van der Waals surface area (Å²) in [6, 6.07) is 22.0. The Labute approximate surface area is 242 Å². The monoisotopic (exact) mass is 590 g/mol. The molecule has 2 aromatic heterocycles. The zero-order valence-electron chi connectivity index (χ0n) is 21.9. The van der Waals surface area contributed by atoms with Gasteiger partial charge in [0.2, 0.25) is 0 Å². The first-order chi connectivity index (χ1) is 20.2. The van der Waals surface area contributed by atoms with E-state index in [0.29, 0.717) is 29.0 Å². The molecule has 0 aliphatic carbocycles. The van der Waals surface area contributed by atoms with Gasteiger partial charge in [0, 0.05) is 29.6 Å². The van der Waals surface area contributed by atoms with Gasteiger partial charge in [-0.25, -0.2) is 23.4 Å². The number of benzene rings is 3. The van der Waals surface area contributed by atoms with E-state index in [9.17, 15) is 13.6 Å². The Balaban J connectivity index is 0.000000612. The number of carboxylic acids is 2. The molecule has 9 nitrogen and oxygen atoms in total. The average molecular weight is 591 g/mol. The van der Waals surface area contributed by atoms with Crippen LogP contribution in [0.25, 0.3) is 11.0 Å². The fourth-order valence-corrected chi connectivity index (χ4v) is 4.81. The van der Waals surface area contributed by atoms with Gasteiger partial charge >= 0.3 is 11.9 Å². The molecule has 0 spiro atoms. The number of hydrogen-bond donors (Lipinski definition) is 3. The minimum absolute atomic E-state index is 0.224. The molecule has 0 saturated heterocycles. The van der Waals surface area contributed by atoms with Crippen molar-refractivity contribution in [1.82, 2.24) is 19.9 Å². The molecule has 3 N–H and O–H groups in total. The van der Waals surface area contributed by atoms with E-state index in [0.717, 1.165) is 21.8 Å². The summed E-state index contributed by atoms with van der Waals surface area (Å²) < 4.78 is 29.6. The van der Waals surface area contributed by atoms with E-state index >= 15 is 0 Å². The van der Waals surface area contributed by atoms with Crippen LogP contribution in [0.2, 0.25) is 0 Å². The first kappa shape index (κ1) is 29.9. The summed E-state index contributed by atoms with van der Waals surface area (Å²) in [6.45, 7) is 0.600. The number of nitrogens with one attached hydrogen (secondary N) is 1. The molecule has 214 valence electrons. The highest BCUT2D eigenvalue weighted by molar-refractivity contribution is 7.98. The molecule has 0 aliphatic heterocycles. The van der Waals surface area contributed by atoms with Gasteiger partial charge in [-0.15, -0.1) is 0 Å². The number of carbonyl (C=O) groups excluding carboxylic acids is 1. The van der Waals surface area contributed by atoms with Crippen LogP contribution >= 0.6 is 11.8 Å². The van der Waals surface area contributed by atoms with Gasteiger partial charge < -0.3 is 20.1 Å². The van der Waals surface area contributed by atoms with Crippen molar-refractivity contribution < 1.29 is 33.4 Å². The van der Waals surface area contributed by atoms with E-state index in [-0.39, 0.29) is 24.1 Å². The van der Waals surface area contributed by atoms with Crippen molar-refractivity contribution in [2.75, 3.05) is 0 Å². The number of carboxylic acid groups (broad SMARTS) is 2. The fourth-order valence-electron chi connectivity index (χ4n) is 3.84. The highest BCUT2D eigenvalue weighted by Gasteiger charge is 2.14. The van der Waals surface area contributed by atoms with Crippen molar-refractivity contribution in [3.05, 3.63) is 125 Å². The average Bonchev–Trinajstić information content (AvgIpc) is 3.33. The molecule has 42 heavy (non-hydrogen) atoms. The molecule has 0 radical (unpaired) electrons. The number of thioether (sulfide) groups is 1. The number of aliphatic carboxylic acids is 2. The van der Waals surface area contributed by atoms with E-state index in [2.05, 4.69) is 10.3 Å². The van der Waals surface area contributed by atoms with E-state index in [1.54, 1.807) is 48.8 Å². The second-order valence-corrected chi connectivity index (χ2v) is 9.79. The van der Waals surface area contributed by atoms with Gasteiger partial charge in [-0.3, -0.25) is 9.78 Å². The highest BCUT2D eigenvalue weighted by atomic mass is 32.2. The molecule has 5 rings (SSSR count). The van der Waals surface area contributed by atoms with E-state index < -0.39 is 11.9 Å². The van der Waals surface area contributed by atoms with E-state index in [1.807, 2.05) is 28.8 Å². The topological polar surface area (TPSA) is 134 Å². The Hall–Kier alpha value is -5.10.